The summed E-state index contributed by atoms with van der Waals surface area (Å²) in [5.41, 5.74) is 2.15. The summed E-state index contributed by atoms with van der Waals surface area (Å²) in [6, 6.07) is 5.91. The molecule has 2 aliphatic rings. The van der Waals surface area contributed by atoms with Crippen molar-refractivity contribution in [1.29, 1.82) is 0 Å². The van der Waals surface area contributed by atoms with E-state index in [1.807, 2.05) is 30.0 Å². The average molecular weight is 386 g/mol. The standard InChI is InChI=1S/C19H22N4O3S/c24-9-11-8-20-14-6-5-12(7-13(11)14)21-17(25)4-2-1-3-16-18-15(10-27-16)22-19(26)23-18/h5-9,15-16,18,20H,1-4,10H2,(H,21,25)(H2,22,23,26)/t15-,16-,18-/m0/s1. The fourth-order valence-corrected chi connectivity index (χ4v) is 5.36. The Bertz CT molecular complexity index is 881. The van der Waals surface area contributed by atoms with Crippen LogP contribution in [-0.2, 0) is 4.79 Å². The van der Waals surface area contributed by atoms with Crippen LogP contribution >= 0.6 is 11.8 Å². The molecule has 4 N–H and O–H groups in total. The van der Waals surface area contributed by atoms with Gasteiger partial charge in [-0.1, -0.05) is 6.42 Å². The fraction of sp³-hybridized carbons (Fsp3) is 0.421. The fourth-order valence-electron chi connectivity index (χ4n) is 3.82. The Morgan fingerprint density at radius 1 is 1.30 bits per heavy atom. The Kier molecular flexibility index (Phi) is 5.07. The zero-order valence-corrected chi connectivity index (χ0v) is 15.6. The number of urea groups is 1. The van der Waals surface area contributed by atoms with Crippen molar-refractivity contribution in [2.75, 3.05) is 11.1 Å². The van der Waals surface area contributed by atoms with Gasteiger partial charge < -0.3 is 20.9 Å². The van der Waals surface area contributed by atoms with Gasteiger partial charge in [-0.2, -0.15) is 11.8 Å². The molecule has 142 valence electrons. The number of fused-ring (bicyclic) bond motifs is 2. The first kappa shape index (κ1) is 17.9. The van der Waals surface area contributed by atoms with Crippen LogP contribution in [0.15, 0.2) is 24.4 Å². The zero-order chi connectivity index (χ0) is 18.8. The molecule has 3 heterocycles. The predicted octanol–water partition coefficient (Wildman–Crippen LogP) is 2.64. The van der Waals surface area contributed by atoms with Gasteiger partial charge in [-0.3, -0.25) is 9.59 Å². The molecule has 2 fully saturated rings. The van der Waals surface area contributed by atoms with E-state index in [9.17, 15) is 14.4 Å². The number of unbranched alkanes of at least 4 members (excludes halogenated alkanes) is 1. The largest absolute Gasteiger partial charge is 0.360 e. The van der Waals surface area contributed by atoms with Gasteiger partial charge in [0.1, 0.15) is 0 Å². The second kappa shape index (κ2) is 7.64. The lowest BCUT2D eigenvalue weighted by Crippen LogP contribution is -2.36. The number of hydrogen-bond acceptors (Lipinski definition) is 4. The van der Waals surface area contributed by atoms with Crippen molar-refractivity contribution in [1.82, 2.24) is 15.6 Å². The predicted molar refractivity (Wildman–Crippen MR) is 106 cm³/mol. The van der Waals surface area contributed by atoms with Crippen LogP contribution in [0.1, 0.15) is 36.0 Å². The molecule has 0 unspecified atom stereocenters. The summed E-state index contributed by atoms with van der Waals surface area (Å²) in [5, 5.41) is 10.1. The summed E-state index contributed by atoms with van der Waals surface area (Å²) in [6.07, 6.45) is 5.69. The second-order valence-corrected chi connectivity index (χ2v) is 8.31. The molecule has 0 bridgehead atoms. The SMILES string of the molecule is O=Cc1c[nH]c2ccc(NC(=O)CCCC[C@@H]3SC[C@@H]4NC(=O)N[C@@H]43)cc12. The van der Waals surface area contributed by atoms with Crippen LogP contribution < -0.4 is 16.0 Å². The van der Waals surface area contributed by atoms with E-state index in [1.165, 1.54) is 0 Å². The molecular formula is C19H22N4O3S. The third-order valence-corrected chi connectivity index (χ3v) is 6.71. The molecule has 1 aromatic heterocycles. The molecule has 4 rings (SSSR count). The number of aromatic nitrogens is 1. The minimum absolute atomic E-state index is 0.0228. The van der Waals surface area contributed by atoms with E-state index in [0.29, 0.717) is 22.9 Å². The van der Waals surface area contributed by atoms with Crippen LogP contribution in [0.4, 0.5) is 10.5 Å². The Hall–Kier alpha value is -2.48. The number of carbonyl (C=O) groups excluding carboxylic acids is 3. The molecule has 7 nitrogen and oxygen atoms in total. The molecule has 1 aromatic carbocycles. The average Bonchev–Trinajstić information content (AvgIpc) is 3.32. The maximum atomic E-state index is 12.2. The Morgan fingerprint density at radius 2 is 2.19 bits per heavy atom. The van der Waals surface area contributed by atoms with E-state index in [4.69, 9.17) is 0 Å². The van der Waals surface area contributed by atoms with Crippen LogP contribution in [0.3, 0.4) is 0 Å². The van der Waals surface area contributed by atoms with Crippen molar-refractivity contribution >= 4 is 46.6 Å². The van der Waals surface area contributed by atoms with Gasteiger partial charge in [-0.05, 0) is 31.0 Å². The van der Waals surface area contributed by atoms with Gasteiger partial charge in [-0.25, -0.2) is 4.79 Å². The van der Waals surface area contributed by atoms with Crippen LogP contribution in [-0.4, -0.2) is 46.3 Å². The molecule has 27 heavy (non-hydrogen) atoms. The number of thioether (sulfide) groups is 1. The topological polar surface area (TPSA) is 103 Å². The summed E-state index contributed by atoms with van der Waals surface area (Å²) in [4.78, 5) is 37.7. The smallest absolute Gasteiger partial charge is 0.315 e. The lowest BCUT2D eigenvalue weighted by atomic mass is 10.0. The van der Waals surface area contributed by atoms with Crippen LogP contribution in [0.5, 0.6) is 0 Å². The van der Waals surface area contributed by atoms with E-state index in [0.717, 1.165) is 42.2 Å². The molecule has 0 saturated carbocycles. The highest BCUT2D eigenvalue weighted by Crippen LogP contribution is 2.33. The molecule has 2 aromatic rings. The van der Waals surface area contributed by atoms with Crippen LogP contribution in [0.2, 0.25) is 0 Å². The van der Waals surface area contributed by atoms with Gasteiger partial charge in [0, 0.05) is 45.8 Å². The number of aldehydes is 1. The number of nitrogens with one attached hydrogen (secondary N) is 4. The van der Waals surface area contributed by atoms with Gasteiger partial charge in [-0.15, -0.1) is 0 Å². The van der Waals surface area contributed by atoms with E-state index in [2.05, 4.69) is 20.9 Å². The van der Waals surface area contributed by atoms with Crippen molar-refractivity contribution in [3.8, 4) is 0 Å². The number of anilines is 1. The second-order valence-electron chi connectivity index (χ2n) is 7.04. The molecule has 3 amide bonds. The van der Waals surface area contributed by atoms with Crippen LogP contribution in [0.25, 0.3) is 10.9 Å². The maximum Gasteiger partial charge on any atom is 0.315 e. The summed E-state index contributed by atoms with van der Waals surface area (Å²) in [7, 11) is 0. The van der Waals surface area contributed by atoms with Crippen LogP contribution in [0, 0.1) is 0 Å². The van der Waals surface area contributed by atoms with Crippen molar-refractivity contribution in [3.05, 3.63) is 30.0 Å². The molecule has 0 spiro atoms. The molecule has 3 atom stereocenters. The van der Waals surface area contributed by atoms with Gasteiger partial charge >= 0.3 is 6.03 Å². The Morgan fingerprint density at radius 3 is 3.04 bits per heavy atom. The molecule has 2 saturated heterocycles. The first-order valence-corrected chi connectivity index (χ1v) is 10.2. The first-order valence-electron chi connectivity index (χ1n) is 9.19. The number of benzene rings is 1. The van der Waals surface area contributed by atoms with Gasteiger partial charge in [0.05, 0.1) is 12.1 Å². The quantitative estimate of drug-likeness (QED) is 0.334. The highest BCUT2D eigenvalue weighted by atomic mass is 32.2. The first-order chi connectivity index (χ1) is 13.1. The number of rotatable bonds is 7. The molecule has 2 aliphatic heterocycles. The number of hydrogen-bond donors (Lipinski definition) is 4. The van der Waals surface area contributed by atoms with E-state index in [1.54, 1.807) is 6.20 Å². The third kappa shape index (κ3) is 3.80. The number of amides is 3. The van der Waals surface area contributed by atoms with Crippen molar-refractivity contribution in [3.63, 3.8) is 0 Å². The molecular weight excluding hydrogens is 364 g/mol. The van der Waals surface area contributed by atoms with E-state index >= 15 is 0 Å². The number of H-pyrrole nitrogens is 1. The van der Waals surface area contributed by atoms with Crippen molar-refractivity contribution in [2.45, 2.75) is 43.0 Å². The van der Waals surface area contributed by atoms with E-state index < -0.39 is 0 Å². The normalized spacial score (nSPS) is 23.7. The van der Waals surface area contributed by atoms with Gasteiger partial charge in [0.25, 0.3) is 0 Å². The third-order valence-electron chi connectivity index (χ3n) is 5.21. The zero-order valence-electron chi connectivity index (χ0n) is 14.8. The molecule has 8 heteroatoms. The summed E-state index contributed by atoms with van der Waals surface area (Å²) in [6.45, 7) is 0. The van der Waals surface area contributed by atoms with Gasteiger partial charge in [0.2, 0.25) is 5.91 Å². The lowest BCUT2D eigenvalue weighted by Gasteiger charge is -2.16. The highest BCUT2D eigenvalue weighted by molar-refractivity contribution is 8.00. The minimum Gasteiger partial charge on any atom is -0.360 e. The van der Waals surface area contributed by atoms with Crippen molar-refractivity contribution in [2.24, 2.45) is 0 Å². The lowest BCUT2D eigenvalue weighted by molar-refractivity contribution is -0.116. The molecule has 0 radical (unpaired) electrons. The number of aromatic amines is 1. The Labute approximate surface area is 161 Å². The minimum atomic E-state index is -0.0631. The van der Waals surface area contributed by atoms with Gasteiger partial charge in [0.15, 0.2) is 6.29 Å². The van der Waals surface area contributed by atoms with Crippen molar-refractivity contribution < 1.29 is 14.4 Å². The highest BCUT2D eigenvalue weighted by Gasteiger charge is 2.42. The summed E-state index contributed by atoms with van der Waals surface area (Å²) >= 11 is 1.89. The van der Waals surface area contributed by atoms with E-state index in [-0.39, 0.29) is 24.0 Å². The summed E-state index contributed by atoms with van der Waals surface area (Å²) in [5.74, 6) is 0.934. The molecule has 0 aliphatic carbocycles. The monoisotopic (exact) mass is 386 g/mol. The summed E-state index contributed by atoms with van der Waals surface area (Å²) < 4.78 is 0. The number of carbonyl (C=O) groups is 3. The Balaban J connectivity index is 1.23. The maximum absolute atomic E-state index is 12.2.